The molecule has 0 unspecified atom stereocenters. The van der Waals surface area contributed by atoms with Crippen molar-refractivity contribution in [2.45, 2.75) is 12.6 Å². The monoisotopic (exact) mass is 438 g/mol. The summed E-state index contributed by atoms with van der Waals surface area (Å²) in [6, 6.07) is 14.0. The molecule has 6 nitrogen and oxygen atoms in total. The van der Waals surface area contributed by atoms with Crippen LogP contribution in [0.4, 0.5) is 0 Å². The number of nitrogens with one attached hydrogen (secondary N) is 1. The number of benzene rings is 2. The van der Waals surface area contributed by atoms with Crippen molar-refractivity contribution in [3.63, 3.8) is 0 Å². The van der Waals surface area contributed by atoms with Crippen LogP contribution >= 0.6 is 22.9 Å². The van der Waals surface area contributed by atoms with Gasteiger partial charge in [-0.25, -0.2) is 9.97 Å². The van der Waals surface area contributed by atoms with Crippen molar-refractivity contribution >= 4 is 28.8 Å². The van der Waals surface area contributed by atoms with Crippen LogP contribution in [0.15, 0.2) is 71.8 Å². The van der Waals surface area contributed by atoms with Crippen LogP contribution in [0, 0.1) is 0 Å². The van der Waals surface area contributed by atoms with Gasteiger partial charge in [-0.1, -0.05) is 23.7 Å². The molecule has 4 aromatic rings. The quantitative estimate of drug-likeness (QED) is 0.456. The summed E-state index contributed by atoms with van der Waals surface area (Å²) in [4.78, 5) is 21.5. The molecular weight excluding hydrogens is 420 g/mol. The lowest BCUT2D eigenvalue weighted by atomic mass is 10.1. The van der Waals surface area contributed by atoms with E-state index in [1.54, 1.807) is 48.1 Å². The molecule has 0 fully saturated rings. The Morgan fingerprint density at radius 1 is 1.17 bits per heavy atom. The first-order valence-corrected chi connectivity index (χ1v) is 10.6. The number of aromatic nitrogens is 3. The summed E-state index contributed by atoms with van der Waals surface area (Å²) < 4.78 is 7.59. The standard InChI is InChI=1S/C22H19ClN4O2S/c1-27-11-10-24-21(27)20(15-2-6-17(23)7-3-15)26-22(28)16-4-8-19(9-5-16)29-12-18-13-30-14-25-18/h2-11,13-14,20H,12H2,1H3,(H,26,28)/t20-/m1/s1. The van der Waals surface area contributed by atoms with Crippen molar-refractivity contribution in [1.82, 2.24) is 19.9 Å². The van der Waals surface area contributed by atoms with Crippen LogP contribution in [0.1, 0.15) is 33.5 Å². The number of aryl methyl sites for hydroxylation is 1. The minimum atomic E-state index is -0.407. The van der Waals surface area contributed by atoms with Crippen LogP contribution in [0.5, 0.6) is 5.75 Å². The Kier molecular flexibility index (Phi) is 6.11. The van der Waals surface area contributed by atoms with E-state index in [1.807, 2.05) is 35.3 Å². The van der Waals surface area contributed by atoms with Crippen LogP contribution in [0.2, 0.25) is 5.02 Å². The number of carbonyl (C=O) groups is 1. The fourth-order valence-electron chi connectivity index (χ4n) is 2.99. The molecule has 0 aliphatic rings. The van der Waals surface area contributed by atoms with Gasteiger partial charge in [0, 0.05) is 35.4 Å². The third kappa shape index (κ3) is 4.69. The highest BCUT2D eigenvalue weighted by molar-refractivity contribution is 7.07. The van der Waals surface area contributed by atoms with E-state index in [9.17, 15) is 4.79 Å². The van der Waals surface area contributed by atoms with E-state index in [1.165, 1.54) is 11.3 Å². The summed E-state index contributed by atoms with van der Waals surface area (Å²) in [5.74, 6) is 1.20. The van der Waals surface area contributed by atoms with Crippen molar-refractivity contribution in [3.8, 4) is 5.75 Å². The lowest BCUT2D eigenvalue weighted by Gasteiger charge is -2.19. The molecule has 0 bridgehead atoms. The van der Waals surface area contributed by atoms with E-state index in [0.717, 1.165) is 17.1 Å². The van der Waals surface area contributed by atoms with Crippen molar-refractivity contribution in [2.24, 2.45) is 7.05 Å². The Morgan fingerprint density at radius 3 is 2.57 bits per heavy atom. The molecule has 1 amide bonds. The van der Waals surface area contributed by atoms with Gasteiger partial charge in [-0.3, -0.25) is 4.79 Å². The largest absolute Gasteiger partial charge is 0.487 e. The Balaban J connectivity index is 1.49. The molecule has 0 radical (unpaired) electrons. The van der Waals surface area contributed by atoms with Crippen molar-refractivity contribution < 1.29 is 9.53 Å². The smallest absolute Gasteiger partial charge is 0.252 e. The van der Waals surface area contributed by atoms with Gasteiger partial charge in [0.15, 0.2) is 0 Å². The summed E-state index contributed by atoms with van der Waals surface area (Å²) in [6.07, 6.45) is 3.55. The molecule has 8 heteroatoms. The fraction of sp³-hybridized carbons (Fsp3) is 0.136. The fourth-order valence-corrected chi connectivity index (χ4v) is 3.66. The van der Waals surface area contributed by atoms with Gasteiger partial charge < -0.3 is 14.6 Å². The number of hydrogen-bond donors (Lipinski definition) is 1. The molecule has 2 aromatic carbocycles. The second-order valence-corrected chi connectivity index (χ2v) is 7.80. The summed E-state index contributed by atoms with van der Waals surface area (Å²) in [7, 11) is 1.89. The molecule has 152 valence electrons. The molecule has 0 saturated heterocycles. The molecule has 1 N–H and O–H groups in total. The number of carbonyl (C=O) groups excluding carboxylic acids is 1. The Morgan fingerprint density at radius 2 is 1.93 bits per heavy atom. The van der Waals surface area contributed by atoms with Crippen LogP contribution in [-0.2, 0) is 13.7 Å². The first kappa shape index (κ1) is 20.1. The molecule has 0 aliphatic carbocycles. The zero-order chi connectivity index (χ0) is 20.9. The molecule has 0 saturated carbocycles. The Hall–Kier alpha value is -3.16. The van der Waals surface area contributed by atoms with Crippen LogP contribution in [-0.4, -0.2) is 20.4 Å². The number of hydrogen-bond acceptors (Lipinski definition) is 5. The van der Waals surface area contributed by atoms with Crippen LogP contribution in [0.3, 0.4) is 0 Å². The number of halogens is 1. The topological polar surface area (TPSA) is 69.0 Å². The third-order valence-corrected chi connectivity index (χ3v) is 5.47. The minimum Gasteiger partial charge on any atom is -0.487 e. The predicted octanol–water partition coefficient (Wildman–Crippen LogP) is 4.63. The summed E-state index contributed by atoms with van der Waals surface area (Å²) >= 11 is 7.55. The van der Waals surface area contributed by atoms with Gasteiger partial charge in [0.25, 0.3) is 5.91 Å². The average molecular weight is 439 g/mol. The van der Waals surface area contributed by atoms with Crippen molar-refractivity contribution in [2.75, 3.05) is 0 Å². The van der Waals surface area contributed by atoms with E-state index in [-0.39, 0.29) is 5.91 Å². The van der Waals surface area contributed by atoms with E-state index >= 15 is 0 Å². The number of rotatable bonds is 7. The SMILES string of the molecule is Cn1ccnc1[C@H](NC(=O)c1ccc(OCc2cscn2)cc1)c1ccc(Cl)cc1. The number of ether oxygens (including phenoxy) is 1. The minimum absolute atomic E-state index is 0.205. The molecule has 30 heavy (non-hydrogen) atoms. The normalized spacial score (nSPS) is 11.8. The maximum Gasteiger partial charge on any atom is 0.252 e. The van der Waals surface area contributed by atoms with Gasteiger partial charge >= 0.3 is 0 Å². The number of nitrogens with zero attached hydrogens (tertiary/aromatic N) is 3. The zero-order valence-electron chi connectivity index (χ0n) is 16.2. The average Bonchev–Trinajstić information content (AvgIpc) is 3.43. The van der Waals surface area contributed by atoms with Gasteiger partial charge in [-0.2, -0.15) is 0 Å². The van der Waals surface area contributed by atoms with Gasteiger partial charge in [-0.05, 0) is 42.0 Å². The first-order chi connectivity index (χ1) is 14.6. The molecule has 0 spiro atoms. The van der Waals surface area contributed by atoms with Crippen LogP contribution in [0.25, 0.3) is 0 Å². The molecular formula is C22H19ClN4O2S. The van der Waals surface area contributed by atoms with E-state index in [2.05, 4.69) is 15.3 Å². The zero-order valence-corrected chi connectivity index (χ0v) is 17.7. The molecule has 2 heterocycles. The Bertz CT molecular complexity index is 1110. The molecule has 0 aliphatic heterocycles. The third-order valence-electron chi connectivity index (χ3n) is 4.58. The van der Waals surface area contributed by atoms with Gasteiger partial charge in [0.2, 0.25) is 0 Å². The maximum atomic E-state index is 12.9. The molecule has 2 aromatic heterocycles. The lowest BCUT2D eigenvalue weighted by Crippen LogP contribution is -2.31. The second kappa shape index (κ2) is 9.11. The van der Waals surface area contributed by atoms with E-state index < -0.39 is 6.04 Å². The highest BCUT2D eigenvalue weighted by atomic mass is 35.5. The highest BCUT2D eigenvalue weighted by Crippen LogP contribution is 2.23. The first-order valence-electron chi connectivity index (χ1n) is 9.23. The molecule has 4 rings (SSSR count). The Labute approximate surface area is 183 Å². The maximum absolute atomic E-state index is 12.9. The summed E-state index contributed by atoms with van der Waals surface area (Å²) in [6.45, 7) is 0.396. The highest BCUT2D eigenvalue weighted by Gasteiger charge is 2.21. The van der Waals surface area contributed by atoms with Gasteiger partial charge in [0.05, 0.1) is 11.2 Å². The van der Waals surface area contributed by atoms with E-state index in [4.69, 9.17) is 16.3 Å². The summed E-state index contributed by atoms with van der Waals surface area (Å²) in [5, 5.41) is 5.65. The second-order valence-electron chi connectivity index (χ2n) is 6.65. The lowest BCUT2D eigenvalue weighted by molar-refractivity contribution is 0.0941. The number of amides is 1. The van der Waals surface area contributed by atoms with E-state index in [0.29, 0.717) is 22.9 Å². The van der Waals surface area contributed by atoms with Crippen molar-refractivity contribution in [3.05, 3.63) is 99.5 Å². The predicted molar refractivity (Wildman–Crippen MR) is 117 cm³/mol. The van der Waals surface area contributed by atoms with Gasteiger partial charge in [-0.15, -0.1) is 11.3 Å². The number of thiazole rings is 1. The summed E-state index contributed by atoms with van der Waals surface area (Å²) in [5.41, 5.74) is 4.07. The van der Waals surface area contributed by atoms with Gasteiger partial charge in [0.1, 0.15) is 24.2 Å². The molecule has 1 atom stereocenters. The van der Waals surface area contributed by atoms with Crippen molar-refractivity contribution in [1.29, 1.82) is 0 Å². The van der Waals surface area contributed by atoms with Crippen LogP contribution < -0.4 is 10.1 Å². The number of imidazole rings is 1.